The van der Waals surface area contributed by atoms with Gasteiger partial charge in [-0.05, 0) is 38.3 Å². The number of hydrogen-bond acceptors (Lipinski definition) is 8. The highest BCUT2D eigenvalue weighted by atomic mass is 19.4. The lowest BCUT2D eigenvalue weighted by atomic mass is 9.93. The number of fused-ring (bicyclic) bond motifs is 1. The Hall–Kier alpha value is -3.60. The maximum absolute atomic E-state index is 13.3. The molecule has 0 amide bonds. The number of aromatic nitrogens is 5. The molecule has 9 nitrogen and oxygen atoms in total. The van der Waals surface area contributed by atoms with Crippen LogP contribution in [0.1, 0.15) is 66.9 Å². The minimum atomic E-state index is -4.43. The second kappa shape index (κ2) is 9.22. The van der Waals surface area contributed by atoms with Crippen LogP contribution in [0.3, 0.4) is 0 Å². The topological polar surface area (TPSA) is 95.3 Å². The summed E-state index contributed by atoms with van der Waals surface area (Å²) in [4.78, 5) is 33.3. The van der Waals surface area contributed by atoms with Gasteiger partial charge in [0, 0.05) is 42.8 Å². The van der Waals surface area contributed by atoms with Crippen molar-refractivity contribution in [2.45, 2.75) is 63.5 Å². The van der Waals surface area contributed by atoms with Crippen LogP contribution in [0.5, 0.6) is 0 Å². The molecule has 3 aromatic heterocycles. The normalized spacial score (nSPS) is 23.5. The molecule has 0 radical (unpaired) electrons. The number of rotatable bonds is 5. The molecule has 0 aromatic carbocycles. The summed E-state index contributed by atoms with van der Waals surface area (Å²) >= 11 is 0. The summed E-state index contributed by atoms with van der Waals surface area (Å²) in [5, 5.41) is 0. The van der Waals surface area contributed by atoms with E-state index < -0.39 is 11.7 Å². The largest absolute Gasteiger partial charge is 0.420 e. The third-order valence-corrected chi connectivity index (χ3v) is 7.85. The van der Waals surface area contributed by atoms with Crippen LogP contribution in [0.4, 0.5) is 19.1 Å². The smallest absolute Gasteiger partial charge is 0.380 e. The Bertz CT molecular complexity index is 1650. The van der Waals surface area contributed by atoms with Crippen LogP contribution in [0.25, 0.3) is 16.7 Å². The molecule has 2 atom stereocenters. The number of allylic oxidation sites excluding steroid dienone is 1. The number of morpholine rings is 1. The summed E-state index contributed by atoms with van der Waals surface area (Å²) in [7, 11) is 0. The van der Waals surface area contributed by atoms with Crippen molar-refractivity contribution < 1.29 is 22.6 Å². The molecular formula is C28H27F3N6O3. The standard InChI is InChI=1S/C28H27F3N6O3/c1-14-9-36(11-21(40-14)16-3-6-22(38)37(10-16)20-4-5-20)27-34-24(17-7-19(8-17)28(29,30)31)25-26(35-27)32-15(2)23(33-25)18-12-39-13-18/h3,6,10,14,18,20-21H,4-5,7,9,11-13H2,1-2H3. The summed E-state index contributed by atoms with van der Waals surface area (Å²) in [6.45, 7) is 5.74. The molecule has 4 aliphatic rings. The SMILES string of the molecule is Cc1nc2nc(N3CC(C)OC(c4ccc(=O)n(C5CC5)c4)C3)nc(C3=C=C(C(F)(F)F)C3)c2nc1C1COC1. The Morgan fingerprint density at radius 1 is 1.07 bits per heavy atom. The van der Waals surface area contributed by atoms with Gasteiger partial charge in [-0.15, -0.1) is 5.73 Å². The van der Waals surface area contributed by atoms with Gasteiger partial charge in [0.1, 0.15) is 17.3 Å². The summed E-state index contributed by atoms with van der Waals surface area (Å²) < 4.78 is 53.2. The first-order valence-electron chi connectivity index (χ1n) is 13.5. The van der Waals surface area contributed by atoms with E-state index in [0.29, 0.717) is 60.4 Å². The van der Waals surface area contributed by atoms with E-state index in [-0.39, 0.29) is 36.1 Å². The molecule has 12 heteroatoms. The molecule has 3 fully saturated rings. The fourth-order valence-electron chi connectivity index (χ4n) is 5.46. The first kappa shape index (κ1) is 25.4. The van der Waals surface area contributed by atoms with Crippen LogP contribution in [-0.4, -0.2) is 63.1 Å². The average molecular weight is 553 g/mol. The Labute approximate surface area is 227 Å². The van der Waals surface area contributed by atoms with Gasteiger partial charge < -0.3 is 18.9 Å². The van der Waals surface area contributed by atoms with Gasteiger partial charge in [-0.2, -0.15) is 18.2 Å². The van der Waals surface area contributed by atoms with Crippen molar-refractivity contribution >= 4 is 22.7 Å². The van der Waals surface area contributed by atoms with Crippen molar-refractivity contribution in [3.8, 4) is 0 Å². The fraction of sp³-hybridized carbons (Fsp3) is 0.500. The third kappa shape index (κ3) is 4.49. The van der Waals surface area contributed by atoms with Crippen LogP contribution in [-0.2, 0) is 9.47 Å². The maximum atomic E-state index is 13.3. The highest BCUT2D eigenvalue weighted by Crippen LogP contribution is 2.41. The van der Waals surface area contributed by atoms with Crippen LogP contribution in [0.2, 0.25) is 0 Å². The predicted octanol–water partition coefficient (Wildman–Crippen LogP) is 4.18. The van der Waals surface area contributed by atoms with E-state index in [1.54, 1.807) is 16.7 Å². The molecule has 0 spiro atoms. The van der Waals surface area contributed by atoms with Gasteiger partial charge in [0.05, 0.1) is 42.8 Å². The molecule has 3 aromatic rings. The first-order valence-corrected chi connectivity index (χ1v) is 13.5. The van der Waals surface area contributed by atoms with E-state index in [1.807, 2.05) is 24.9 Å². The molecule has 2 unspecified atom stereocenters. The van der Waals surface area contributed by atoms with Gasteiger partial charge in [-0.1, -0.05) is 0 Å². The van der Waals surface area contributed by atoms with E-state index in [4.69, 9.17) is 29.4 Å². The molecule has 0 bridgehead atoms. The number of aryl methyl sites for hydroxylation is 1. The first-order chi connectivity index (χ1) is 19.1. The third-order valence-electron chi connectivity index (χ3n) is 7.85. The molecule has 2 saturated heterocycles. The Kier molecular flexibility index (Phi) is 5.85. The highest BCUT2D eigenvalue weighted by molar-refractivity contribution is 5.88. The molecule has 2 aliphatic heterocycles. The Balaban J connectivity index is 1.30. The lowest BCUT2D eigenvalue weighted by Crippen LogP contribution is -2.44. The van der Waals surface area contributed by atoms with Crippen molar-refractivity contribution in [3.05, 3.63) is 62.6 Å². The number of alkyl halides is 3. The molecule has 0 N–H and O–H groups in total. The van der Waals surface area contributed by atoms with Gasteiger partial charge in [-0.25, -0.2) is 15.0 Å². The maximum Gasteiger partial charge on any atom is 0.420 e. The lowest BCUT2D eigenvalue weighted by Gasteiger charge is -2.37. The van der Waals surface area contributed by atoms with Crippen molar-refractivity contribution in [2.24, 2.45) is 0 Å². The molecule has 5 heterocycles. The minimum absolute atomic E-state index is 0.0312. The fourth-order valence-corrected chi connectivity index (χ4v) is 5.46. The van der Waals surface area contributed by atoms with Crippen LogP contribution in [0, 0.1) is 6.92 Å². The van der Waals surface area contributed by atoms with Crippen LogP contribution >= 0.6 is 0 Å². The van der Waals surface area contributed by atoms with E-state index in [1.165, 1.54) is 0 Å². The Morgan fingerprint density at radius 2 is 1.85 bits per heavy atom. The van der Waals surface area contributed by atoms with Crippen molar-refractivity contribution in [2.75, 3.05) is 31.2 Å². The average Bonchev–Trinajstić information content (AvgIpc) is 3.67. The molecule has 2 aliphatic carbocycles. The quantitative estimate of drug-likeness (QED) is 0.435. The summed E-state index contributed by atoms with van der Waals surface area (Å²) in [6.07, 6.45) is -1.41. The Morgan fingerprint density at radius 3 is 2.52 bits per heavy atom. The van der Waals surface area contributed by atoms with Crippen molar-refractivity contribution in [1.29, 1.82) is 0 Å². The van der Waals surface area contributed by atoms with Gasteiger partial charge in [0.2, 0.25) is 5.95 Å². The predicted molar refractivity (Wildman–Crippen MR) is 139 cm³/mol. The number of anilines is 1. The van der Waals surface area contributed by atoms with Crippen molar-refractivity contribution in [1.82, 2.24) is 24.5 Å². The van der Waals surface area contributed by atoms with E-state index >= 15 is 0 Å². The molecule has 1 saturated carbocycles. The summed E-state index contributed by atoms with van der Waals surface area (Å²) in [5.74, 6) is 0.433. The number of halogens is 3. The van der Waals surface area contributed by atoms with Crippen molar-refractivity contribution in [3.63, 3.8) is 0 Å². The second-order valence-corrected chi connectivity index (χ2v) is 11.0. The van der Waals surface area contributed by atoms with Gasteiger partial charge in [0.25, 0.3) is 5.56 Å². The summed E-state index contributed by atoms with van der Waals surface area (Å²) in [5.41, 5.74) is 5.42. The zero-order valence-electron chi connectivity index (χ0n) is 22.0. The minimum Gasteiger partial charge on any atom is -0.380 e. The zero-order valence-corrected chi connectivity index (χ0v) is 22.0. The molecule has 40 heavy (non-hydrogen) atoms. The van der Waals surface area contributed by atoms with Gasteiger partial charge in [0.15, 0.2) is 5.65 Å². The number of pyridine rings is 1. The monoisotopic (exact) mass is 552 g/mol. The van der Waals surface area contributed by atoms with Gasteiger partial charge >= 0.3 is 6.18 Å². The second-order valence-electron chi connectivity index (χ2n) is 11.0. The van der Waals surface area contributed by atoms with E-state index in [2.05, 4.69) is 5.73 Å². The number of nitrogens with zero attached hydrogens (tertiary/aromatic N) is 6. The molecular weight excluding hydrogens is 525 g/mol. The van der Waals surface area contributed by atoms with E-state index in [0.717, 1.165) is 24.1 Å². The lowest BCUT2D eigenvalue weighted by molar-refractivity contribution is -0.0934. The van der Waals surface area contributed by atoms with Gasteiger partial charge in [-0.3, -0.25) is 4.79 Å². The van der Waals surface area contributed by atoms with Crippen LogP contribution < -0.4 is 10.5 Å². The zero-order chi connectivity index (χ0) is 27.8. The molecule has 7 rings (SSSR count). The van der Waals surface area contributed by atoms with Crippen LogP contribution in [0.15, 0.2) is 34.4 Å². The van der Waals surface area contributed by atoms with E-state index in [9.17, 15) is 18.0 Å². The number of hydrogen-bond donors (Lipinski definition) is 0. The summed E-state index contributed by atoms with van der Waals surface area (Å²) in [6, 6.07) is 3.60. The highest BCUT2D eigenvalue weighted by Gasteiger charge is 2.39. The molecule has 208 valence electrons. The number of ether oxygens (including phenoxy) is 2.